The number of hydrogen-bond acceptors (Lipinski definition) is 6. The Labute approximate surface area is 178 Å². The molecule has 3 aromatic rings. The number of nitrogens with one attached hydrogen (secondary N) is 3. The monoisotopic (exact) mass is 433 g/mol. The maximum atomic E-state index is 12.4. The Balaban J connectivity index is 1.66. The van der Waals surface area contributed by atoms with Gasteiger partial charge in [-0.05, 0) is 50.6 Å². The second-order valence-corrected chi connectivity index (χ2v) is 8.18. The summed E-state index contributed by atoms with van der Waals surface area (Å²) in [4.78, 5) is 16.8. The van der Waals surface area contributed by atoms with E-state index in [1.807, 2.05) is 32.9 Å². The van der Waals surface area contributed by atoms with Crippen LogP contribution >= 0.6 is 23.2 Å². The number of carbonyl (C=O) groups is 1. The van der Waals surface area contributed by atoms with Gasteiger partial charge < -0.3 is 15.4 Å². The second kappa shape index (κ2) is 8.71. The summed E-state index contributed by atoms with van der Waals surface area (Å²) in [6.07, 6.45) is 0. The van der Waals surface area contributed by atoms with Crippen LogP contribution in [-0.2, 0) is 11.3 Å². The molecule has 0 radical (unpaired) electrons. The van der Waals surface area contributed by atoms with Gasteiger partial charge in [0.1, 0.15) is 5.60 Å². The highest BCUT2D eigenvalue weighted by Gasteiger charge is 2.20. The zero-order valence-corrected chi connectivity index (χ0v) is 17.7. The molecular formula is C20H21Cl2N5O2. The van der Waals surface area contributed by atoms with Crippen LogP contribution in [0.15, 0.2) is 42.5 Å². The van der Waals surface area contributed by atoms with E-state index in [-0.39, 0.29) is 5.97 Å². The molecule has 0 aliphatic rings. The van der Waals surface area contributed by atoms with Gasteiger partial charge >= 0.3 is 5.97 Å². The van der Waals surface area contributed by atoms with Crippen LogP contribution in [0.1, 0.15) is 36.7 Å². The van der Waals surface area contributed by atoms with Crippen molar-refractivity contribution in [1.82, 2.24) is 15.2 Å². The van der Waals surface area contributed by atoms with Crippen molar-refractivity contribution in [2.45, 2.75) is 32.9 Å². The van der Waals surface area contributed by atoms with E-state index >= 15 is 0 Å². The smallest absolute Gasteiger partial charge is 0.338 e. The number of carbonyl (C=O) groups excluding carboxylic acids is 1. The first kappa shape index (κ1) is 21.0. The van der Waals surface area contributed by atoms with Crippen LogP contribution in [0, 0.1) is 0 Å². The van der Waals surface area contributed by atoms with Gasteiger partial charge in [-0.2, -0.15) is 4.98 Å². The fraction of sp³-hybridized carbons (Fsp3) is 0.250. The SMILES string of the molecule is CC(C)(C)OC(=O)c1ccccc1CNc1nc(Nc2cc(Cl)cc(Cl)c2)n[nH]1. The molecule has 0 atom stereocenters. The minimum atomic E-state index is -0.563. The summed E-state index contributed by atoms with van der Waals surface area (Å²) in [5, 5.41) is 14.1. The van der Waals surface area contributed by atoms with Gasteiger partial charge in [0.05, 0.1) is 5.56 Å². The van der Waals surface area contributed by atoms with E-state index in [0.717, 1.165) is 5.56 Å². The number of H-pyrrole nitrogens is 1. The molecule has 1 aromatic heterocycles. The van der Waals surface area contributed by atoms with Gasteiger partial charge in [0.2, 0.25) is 11.9 Å². The summed E-state index contributed by atoms with van der Waals surface area (Å²) < 4.78 is 5.47. The van der Waals surface area contributed by atoms with Gasteiger partial charge in [-0.3, -0.25) is 0 Å². The number of aromatic nitrogens is 3. The molecule has 29 heavy (non-hydrogen) atoms. The Morgan fingerprint density at radius 3 is 2.52 bits per heavy atom. The van der Waals surface area contributed by atoms with Crippen molar-refractivity contribution in [2.75, 3.05) is 10.6 Å². The van der Waals surface area contributed by atoms with Crippen LogP contribution in [0.4, 0.5) is 17.6 Å². The molecular weight excluding hydrogens is 413 g/mol. The number of anilines is 3. The quantitative estimate of drug-likeness (QED) is 0.449. The van der Waals surface area contributed by atoms with Gasteiger partial charge in [-0.25, -0.2) is 9.89 Å². The van der Waals surface area contributed by atoms with Crippen molar-refractivity contribution in [2.24, 2.45) is 0 Å². The lowest BCUT2D eigenvalue weighted by atomic mass is 10.1. The van der Waals surface area contributed by atoms with Gasteiger partial charge in [0.15, 0.2) is 0 Å². The Hall–Kier alpha value is -2.77. The molecule has 0 spiro atoms. The minimum Gasteiger partial charge on any atom is -0.456 e. The van der Waals surface area contributed by atoms with E-state index in [0.29, 0.717) is 39.7 Å². The lowest BCUT2D eigenvalue weighted by molar-refractivity contribution is 0.00684. The summed E-state index contributed by atoms with van der Waals surface area (Å²) in [6.45, 7) is 5.87. The van der Waals surface area contributed by atoms with Crippen molar-refractivity contribution < 1.29 is 9.53 Å². The summed E-state index contributed by atoms with van der Waals surface area (Å²) in [6, 6.07) is 12.3. The lowest BCUT2D eigenvalue weighted by Gasteiger charge is -2.20. The van der Waals surface area contributed by atoms with Gasteiger partial charge in [-0.1, -0.05) is 41.4 Å². The summed E-state index contributed by atoms with van der Waals surface area (Å²) >= 11 is 12.0. The van der Waals surface area contributed by atoms with Crippen LogP contribution in [0.25, 0.3) is 0 Å². The topological polar surface area (TPSA) is 91.9 Å². The fourth-order valence-electron chi connectivity index (χ4n) is 2.54. The van der Waals surface area contributed by atoms with Crippen molar-refractivity contribution in [1.29, 1.82) is 0 Å². The average Bonchev–Trinajstić information content (AvgIpc) is 3.05. The first-order valence-electron chi connectivity index (χ1n) is 8.90. The highest BCUT2D eigenvalue weighted by molar-refractivity contribution is 6.35. The Morgan fingerprint density at radius 2 is 1.83 bits per heavy atom. The second-order valence-electron chi connectivity index (χ2n) is 7.30. The molecule has 0 saturated carbocycles. The van der Waals surface area contributed by atoms with Crippen molar-refractivity contribution in [3.05, 3.63) is 63.6 Å². The van der Waals surface area contributed by atoms with Crippen molar-refractivity contribution in [3.8, 4) is 0 Å². The van der Waals surface area contributed by atoms with Crippen LogP contribution in [0.3, 0.4) is 0 Å². The molecule has 0 unspecified atom stereocenters. The van der Waals surface area contributed by atoms with Gasteiger partial charge in [0.25, 0.3) is 0 Å². The summed E-state index contributed by atoms with van der Waals surface area (Å²) in [5.74, 6) is 0.429. The molecule has 1 heterocycles. The van der Waals surface area contributed by atoms with E-state index < -0.39 is 5.60 Å². The normalized spacial score (nSPS) is 11.2. The zero-order chi connectivity index (χ0) is 21.0. The van der Waals surface area contributed by atoms with E-state index in [1.54, 1.807) is 30.3 Å². The van der Waals surface area contributed by atoms with Crippen molar-refractivity contribution in [3.63, 3.8) is 0 Å². The summed E-state index contributed by atoms with van der Waals surface area (Å²) in [5.41, 5.74) is 1.39. The first-order valence-corrected chi connectivity index (χ1v) is 9.66. The molecule has 0 saturated heterocycles. The predicted molar refractivity (Wildman–Crippen MR) is 115 cm³/mol. The Morgan fingerprint density at radius 1 is 1.14 bits per heavy atom. The fourth-order valence-corrected chi connectivity index (χ4v) is 3.06. The average molecular weight is 434 g/mol. The zero-order valence-electron chi connectivity index (χ0n) is 16.2. The minimum absolute atomic E-state index is 0.353. The standard InChI is InChI=1S/C20H21Cl2N5O2/c1-20(2,3)29-17(28)16-7-5-4-6-12(16)11-23-18-25-19(27-26-18)24-15-9-13(21)8-14(22)10-15/h4-10H,11H2,1-3H3,(H3,23,24,25,26,27). The Kier molecular flexibility index (Phi) is 6.30. The third-order valence-electron chi connectivity index (χ3n) is 3.69. The number of nitrogens with zero attached hydrogens (tertiary/aromatic N) is 2. The molecule has 0 amide bonds. The molecule has 0 bridgehead atoms. The van der Waals surface area contributed by atoms with Gasteiger partial charge in [0, 0.05) is 22.3 Å². The molecule has 0 aliphatic carbocycles. The number of halogens is 2. The lowest BCUT2D eigenvalue weighted by Crippen LogP contribution is -2.24. The number of esters is 1. The Bertz CT molecular complexity index is 994. The van der Waals surface area contributed by atoms with Crippen molar-refractivity contribution >= 4 is 46.8 Å². The molecule has 3 rings (SSSR count). The van der Waals surface area contributed by atoms with E-state index in [9.17, 15) is 4.79 Å². The maximum absolute atomic E-state index is 12.4. The van der Waals surface area contributed by atoms with Crippen LogP contribution < -0.4 is 10.6 Å². The highest BCUT2D eigenvalue weighted by atomic mass is 35.5. The maximum Gasteiger partial charge on any atom is 0.338 e. The van der Waals surface area contributed by atoms with Gasteiger partial charge in [-0.15, -0.1) is 5.10 Å². The van der Waals surface area contributed by atoms with Crippen LogP contribution in [0.2, 0.25) is 10.0 Å². The number of hydrogen-bond donors (Lipinski definition) is 3. The molecule has 7 nitrogen and oxygen atoms in total. The largest absolute Gasteiger partial charge is 0.456 e. The third-order valence-corrected chi connectivity index (χ3v) is 4.12. The highest BCUT2D eigenvalue weighted by Crippen LogP contribution is 2.24. The first-order chi connectivity index (χ1) is 13.7. The number of ether oxygens (including phenoxy) is 1. The number of rotatable bonds is 6. The predicted octanol–water partition coefficient (Wildman–Crippen LogP) is 5.42. The summed E-state index contributed by atoms with van der Waals surface area (Å²) in [7, 11) is 0. The number of benzene rings is 2. The van der Waals surface area contributed by atoms with E-state index in [2.05, 4.69) is 25.8 Å². The molecule has 0 aliphatic heterocycles. The third kappa shape index (κ3) is 6.10. The van der Waals surface area contributed by atoms with Crippen LogP contribution in [0.5, 0.6) is 0 Å². The van der Waals surface area contributed by atoms with E-state index in [1.165, 1.54) is 0 Å². The van der Waals surface area contributed by atoms with Crippen LogP contribution in [-0.4, -0.2) is 26.8 Å². The number of aromatic amines is 1. The molecule has 2 aromatic carbocycles. The molecule has 0 fully saturated rings. The molecule has 152 valence electrons. The van der Waals surface area contributed by atoms with E-state index in [4.69, 9.17) is 27.9 Å². The molecule has 9 heteroatoms. The molecule has 3 N–H and O–H groups in total.